The molecule has 37 heavy (non-hydrogen) atoms. The molecule has 3 rings (SSSR count). The van der Waals surface area contributed by atoms with E-state index in [1.807, 2.05) is 0 Å². The zero-order valence-corrected chi connectivity index (χ0v) is 24.6. The minimum atomic E-state index is -1.15. The topological polar surface area (TPSA) is 120 Å². The number of halogens is 6. The van der Waals surface area contributed by atoms with E-state index < -0.39 is 17.9 Å². The van der Waals surface area contributed by atoms with Gasteiger partial charge in [-0.3, -0.25) is 0 Å². The van der Waals surface area contributed by atoms with Gasteiger partial charge in [-0.2, -0.15) is 0 Å². The quantitative estimate of drug-likeness (QED) is 0.371. The molecule has 0 aliphatic rings. The second-order valence-corrected chi connectivity index (χ2v) is 9.38. The maximum atomic E-state index is 10.2. The predicted molar refractivity (Wildman–Crippen MR) is 136 cm³/mol. The van der Waals surface area contributed by atoms with E-state index in [2.05, 4.69) is 0 Å². The summed E-state index contributed by atoms with van der Waals surface area (Å²) in [5.41, 5.74) is 1.54. The Balaban J connectivity index is 0.000000518. The Morgan fingerprint density at radius 2 is 0.703 bits per heavy atom. The van der Waals surface area contributed by atoms with Crippen molar-refractivity contribution in [1.29, 1.82) is 0 Å². The Morgan fingerprint density at radius 3 is 0.865 bits per heavy atom. The van der Waals surface area contributed by atoms with Crippen LogP contribution in [0.1, 0.15) is 16.7 Å². The van der Waals surface area contributed by atoms with Gasteiger partial charge in [0.15, 0.2) is 0 Å². The molecule has 0 aliphatic carbocycles. The van der Waals surface area contributed by atoms with Crippen LogP contribution in [-0.4, -0.2) is 17.9 Å². The standard InChI is InChI=1S/3C8H6Cl2O2.Ti/c3*9-6-2-1-5(3-8(11)12)7(10)4-6;/h3*1-2,4H,3H2,(H,11,12);/q;;;+3/p-3. The molecule has 0 unspecified atom stereocenters. The number of rotatable bonds is 6. The zero-order chi connectivity index (χ0) is 27.4. The van der Waals surface area contributed by atoms with Crippen LogP contribution >= 0.6 is 69.6 Å². The minimum absolute atomic E-state index is 0. The van der Waals surface area contributed by atoms with Crippen LogP contribution in [0.15, 0.2) is 54.6 Å². The maximum absolute atomic E-state index is 10.2. The van der Waals surface area contributed by atoms with Crippen LogP contribution in [0.25, 0.3) is 0 Å². The first-order chi connectivity index (χ1) is 16.8. The minimum Gasteiger partial charge on any atom is -0.550 e. The summed E-state index contributed by atoms with van der Waals surface area (Å²) in [6, 6.07) is 14.0. The number of aliphatic carboxylic acids is 3. The smallest absolute Gasteiger partial charge is 0.550 e. The van der Waals surface area contributed by atoms with Gasteiger partial charge in [-0.05, 0) is 53.1 Å². The Kier molecular flexibility index (Phi) is 17.2. The van der Waals surface area contributed by atoms with Gasteiger partial charge in [-0.1, -0.05) is 87.8 Å². The van der Waals surface area contributed by atoms with E-state index in [-0.39, 0.29) is 41.0 Å². The van der Waals surface area contributed by atoms with Gasteiger partial charge in [0, 0.05) is 67.3 Å². The summed E-state index contributed by atoms with van der Waals surface area (Å²) in [5.74, 6) is -3.46. The summed E-state index contributed by atoms with van der Waals surface area (Å²) in [6.45, 7) is 0. The van der Waals surface area contributed by atoms with Crippen molar-refractivity contribution in [3.8, 4) is 0 Å². The van der Waals surface area contributed by atoms with Crippen molar-refractivity contribution in [2.24, 2.45) is 0 Å². The molecule has 3 aromatic rings. The number of carbonyl (C=O) groups is 3. The molecule has 0 heterocycles. The predicted octanol–water partition coefficient (Wildman–Crippen LogP) is 3.85. The zero-order valence-electron chi connectivity index (χ0n) is 18.5. The van der Waals surface area contributed by atoms with Crippen molar-refractivity contribution in [3.63, 3.8) is 0 Å². The largest absolute Gasteiger partial charge is 3.00 e. The van der Waals surface area contributed by atoms with Crippen molar-refractivity contribution in [1.82, 2.24) is 0 Å². The molecular formula is C24H15Cl6O6Ti. The summed E-state index contributed by atoms with van der Waals surface area (Å²) in [4.78, 5) is 30.6. The number of benzene rings is 3. The molecule has 193 valence electrons. The molecular weight excluding hydrogens is 645 g/mol. The van der Waals surface area contributed by atoms with E-state index in [1.165, 1.54) is 18.2 Å². The fourth-order valence-electron chi connectivity index (χ4n) is 2.46. The van der Waals surface area contributed by atoms with E-state index >= 15 is 0 Å². The van der Waals surface area contributed by atoms with Crippen LogP contribution in [0.5, 0.6) is 0 Å². The van der Waals surface area contributed by atoms with Crippen molar-refractivity contribution < 1.29 is 51.4 Å². The van der Waals surface area contributed by atoms with Crippen LogP contribution in [0.2, 0.25) is 30.1 Å². The molecule has 0 aliphatic heterocycles. The fraction of sp³-hybridized carbons (Fsp3) is 0.125. The Labute approximate surface area is 257 Å². The van der Waals surface area contributed by atoms with Gasteiger partial charge in [-0.25, -0.2) is 0 Å². The molecule has 0 saturated carbocycles. The van der Waals surface area contributed by atoms with Gasteiger partial charge in [0.25, 0.3) is 0 Å². The third-order valence-corrected chi connectivity index (χ3v) is 5.81. The monoisotopic (exact) mass is 657 g/mol. The van der Waals surface area contributed by atoms with Gasteiger partial charge in [-0.15, -0.1) is 0 Å². The van der Waals surface area contributed by atoms with E-state index in [0.29, 0.717) is 46.8 Å². The van der Waals surface area contributed by atoms with Gasteiger partial charge in [0.1, 0.15) is 0 Å². The van der Waals surface area contributed by atoms with Crippen molar-refractivity contribution in [3.05, 3.63) is 101 Å². The van der Waals surface area contributed by atoms with Crippen LogP contribution in [0, 0.1) is 0 Å². The van der Waals surface area contributed by atoms with Gasteiger partial charge in [0.05, 0.1) is 0 Å². The number of carboxylic acids is 3. The molecule has 13 heteroatoms. The second-order valence-electron chi connectivity index (χ2n) is 6.85. The molecule has 6 nitrogen and oxygen atoms in total. The molecule has 0 amide bonds. The van der Waals surface area contributed by atoms with Crippen molar-refractivity contribution in [2.75, 3.05) is 0 Å². The molecule has 3 aromatic carbocycles. The van der Waals surface area contributed by atoms with E-state index in [1.54, 1.807) is 36.4 Å². The molecule has 0 spiro atoms. The third-order valence-electron chi connectivity index (χ3n) is 4.05. The van der Waals surface area contributed by atoms with Gasteiger partial charge in [0.2, 0.25) is 0 Å². The van der Waals surface area contributed by atoms with E-state index in [9.17, 15) is 29.7 Å². The van der Waals surface area contributed by atoms with Crippen molar-refractivity contribution in [2.45, 2.75) is 19.3 Å². The summed E-state index contributed by atoms with van der Waals surface area (Å²) < 4.78 is 0. The van der Waals surface area contributed by atoms with Crippen LogP contribution < -0.4 is 15.3 Å². The normalized spacial score (nSPS) is 9.57. The maximum Gasteiger partial charge on any atom is 3.00 e. The SMILES string of the molecule is O=C([O-])Cc1ccc(Cl)cc1Cl.O=C([O-])Cc1ccc(Cl)cc1Cl.O=C([O-])Cc1ccc(Cl)cc1Cl.[Ti+3]. The molecule has 1 radical (unpaired) electrons. The first kappa shape index (κ1) is 35.5. The molecule has 0 fully saturated rings. The fourth-order valence-corrected chi connectivity index (χ4v) is 3.89. The summed E-state index contributed by atoms with van der Waals surface area (Å²) >= 11 is 33.9. The molecule has 0 bridgehead atoms. The van der Waals surface area contributed by atoms with Crippen LogP contribution in [0.3, 0.4) is 0 Å². The second kappa shape index (κ2) is 17.9. The Morgan fingerprint density at radius 1 is 0.486 bits per heavy atom. The van der Waals surface area contributed by atoms with Gasteiger partial charge >= 0.3 is 21.7 Å². The molecule has 0 aromatic heterocycles. The van der Waals surface area contributed by atoms with Crippen LogP contribution in [0.4, 0.5) is 0 Å². The average Bonchev–Trinajstić information content (AvgIpc) is 2.75. The number of carbonyl (C=O) groups excluding carboxylic acids is 3. The van der Waals surface area contributed by atoms with Crippen LogP contribution in [-0.2, 0) is 55.4 Å². The van der Waals surface area contributed by atoms with E-state index in [4.69, 9.17) is 69.6 Å². The average molecular weight is 660 g/mol. The van der Waals surface area contributed by atoms with Crippen molar-refractivity contribution >= 4 is 87.5 Å². The first-order valence-electron chi connectivity index (χ1n) is 9.69. The summed E-state index contributed by atoms with van der Waals surface area (Å²) in [6.07, 6.45) is -0.554. The molecule has 0 N–H and O–H groups in total. The Bertz CT molecular complexity index is 1090. The third kappa shape index (κ3) is 14.9. The first-order valence-corrected chi connectivity index (χ1v) is 12.0. The summed E-state index contributed by atoms with van der Waals surface area (Å²) in [7, 11) is 0. The number of hydrogen-bond donors (Lipinski definition) is 0. The van der Waals surface area contributed by atoms with Gasteiger partial charge < -0.3 is 29.7 Å². The molecule has 0 saturated heterocycles. The Hall–Kier alpha value is -1.48. The number of carboxylic acid groups (broad SMARTS) is 3. The van der Waals surface area contributed by atoms with E-state index in [0.717, 1.165) is 0 Å². The summed E-state index contributed by atoms with van der Waals surface area (Å²) in [5, 5.41) is 33.1. The molecule has 0 atom stereocenters. The number of hydrogen-bond acceptors (Lipinski definition) is 6.